The summed E-state index contributed by atoms with van der Waals surface area (Å²) in [4.78, 5) is 12.4. The maximum Gasteiger partial charge on any atom is 0.340 e. The lowest BCUT2D eigenvalue weighted by atomic mass is 10.1. The van der Waals surface area contributed by atoms with Gasteiger partial charge < -0.3 is 10.1 Å². The van der Waals surface area contributed by atoms with E-state index in [2.05, 4.69) is 5.32 Å². The highest BCUT2D eigenvalue weighted by Crippen LogP contribution is 2.22. The van der Waals surface area contributed by atoms with Crippen LogP contribution in [0.1, 0.15) is 15.9 Å². The van der Waals surface area contributed by atoms with Crippen LogP contribution in [-0.2, 0) is 11.3 Å². The highest BCUT2D eigenvalue weighted by atomic mass is 35.5. The Hall–Kier alpha value is -2.78. The summed E-state index contributed by atoms with van der Waals surface area (Å²) in [6.45, 7) is 0.204. The van der Waals surface area contributed by atoms with Crippen LogP contribution in [0, 0.1) is 0 Å². The molecule has 0 bridgehead atoms. The van der Waals surface area contributed by atoms with Crippen molar-refractivity contribution in [1.82, 2.24) is 0 Å². The quantitative estimate of drug-likeness (QED) is 0.630. The molecule has 120 valence electrons. The van der Waals surface area contributed by atoms with Crippen molar-refractivity contribution < 1.29 is 9.53 Å². The van der Waals surface area contributed by atoms with Crippen molar-refractivity contribution in [3.63, 3.8) is 0 Å². The second-order valence-electron chi connectivity index (χ2n) is 5.24. The maximum atomic E-state index is 12.4. The summed E-state index contributed by atoms with van der Waals surface area (Å²) in [5.41, 5.74) is 3.01. The van der Waals surface area contributed by atoms with Gasteiger partial charge in [-0.2, -0.15) is 0 Å². The average molecular weight is 338 g/mol. The van der Waals surface area contributed by atoms with Gasteiger partial charge in [0.05, 0.1) is 11.3 Å². The van der Waals surface area contributed by atoms with Crippen molar-refractivity contribution in [1.29, 1.82) is 0 Å². The fourth-order valence-electron chi connectivity index (χ4n) is 2.25. The lowest BCUT2D eigenvalue weighted by molar-refractivity contribution is 0.0474. The molecular weight excluding hydrogens is 322 g/mol. The maximum absolute atomic E-state index is 12.4. The molecule has 3 aromatic carbocycles. The van der Waals surface area contributed by atoms with Gasteiger partial charge in [0, 0.05) is 10.7 Å². The number of nitrogens with one attached hydrogen (secondary N) is 1. The van der Waals surface area contributed by atoms with Crippen LogP contribution in [-0.4, -0.2) is 5.97 Å². The first kappa shape index (κ1) is 16.1. The lowest BCUT2D eigenvalue weighted by Crippen LogP contribution is -2.08. The fourth-order valence-corrected chi connectivity index (χ4v) is 2.38. The second-order valence-corrected chi connectivity index (χ2v) is 5.68. The molecule has 0 saturated carbocycles. The second kappa shape index (κ2) is 7.66. The van der Waals surface area contributed by atoms with Gasteiger partial charge in [0.2, 0.25) is 0 Å². The number of rotatable bonds is 5. The van der Waals surface area contributed by atoms with Crippen molar-refractivity contribution in [2.24, 2.45) is 0 Å². The Bertz CT molecular complexity index is 817. The molecule has 0 amide bonds. The van der Waals surface area contributed by atoms with E-state index in [0.717, 1.165) is 11.3 Å². The highest BCUT2D eigenvalue weighted by molar-refractivity contribution is 6.30. The first-order valence-corrected chi connectivity index (χ1v) is 7.93. The van der Waals surface area contributed by atoms with Crippen molar-refractivity contribution in [2.45, 2.75) is 6.61 Å². The Morgan fingerprint density at radius 2 is 1.54 bits per heavy atom. The summed E-state index contributed by atoms with van der Waals surface area (Å²) in [5.74, 6) is -0.371. The van der Waals surface area contributed by atoms with Crippen LogP contribution < -0.4 is 5.32 Å². The Labute approximate surface area is 145 Å². The molecule has 24 heavy (non-hydrogen) atoms. The smallest absolute Gasteiger partial charge is 0.340 e. The van der Waals surface area contributed by atoms with E-state index in [1.807, 2.05) is 60.7 Å². The van der Waals surface area contributed by atoms with Gasteiger partial charge in [-0.1, -0.05) is 54.1 Å². The molecule has 3 nitrogen and oxygen atoms in total. The summed E-state index contributed by atoms with van der Waals surface area (Å²) >= 11 is 5.85. The Balaban J connectivity index is 1.71. The molecule has 0 spiro atoms. The number of hydrogen-bond donors (Lipinski definition) is 1. The van der Waals surface area contributed by atoms with E-state index in [0.29, 0.717) is 16.3 Å². The summed E-state index contributed by atoms with van der Waals surface area (Å²) in [6.07, 6.45) is 0. The molecule has 0 aliphatic rings. The number of halogens is 1. The zero-order chi connectivity index (χ0) is 16.8. The van der Waals surface area contributed by atoms with E-state index in [4.69, 9.17) is 16.3 Å². The minimum absolute atomic E-state index is 0.204. The molecule has 0 fully saturated rings. The molecule has 0 unspecified atom stereocenters. The molecule has 0 aromatic heterocycles. The number of benzene rings is 3. The van der Waals surface area contributed by atoms with E-state index in [1.54, 1.807) is 18.2 Å². The normalized spacial score (nSPS) is 10.2. The van der Waals surface area contributed by atoms with Crippen LogP contribution in [0.15, 0.2) is 78.9 Å². The third-order valence-electron chi connectivity index (χ3n) is 3.48. The Morgan fingerprint density at radius 3 is 2.29 bits per heavy atom. The van der Waals surface area contributed by atoms with Crippen molar-refractivity contribution in [2.75, 3.05) is 5.32 Å². The molecule has 4 heteroatoms. The molecule has 1 N–H and O–H groups in total. The first-order chi connectivity index (χ1) is 11.7. The molecule has 3 aromatic rings. The zero-order valence-electron chi connectivity index (χ0n) is 12.9. The van der Waals surface area contributed by atoms with Gasteiger partial charge in [-0.3, -0.25) is 0 Å². The topological polar surface area (TPSA) is 38.3 Å². The molecule has 0 atom stereocenters. The van der Waals surface area contributed by atoms with E-state index in [9.17, 15) is 4.79 Å². The summed E-state index contributed by atoms with van der Waals surface area (Å²) in [6, 6.07) is 24.2. The van der Waals surface area contributed by atoms with Gasteiger partial charge in [-0.15, -0.1) is 0 Å². The van der Waals surface area contributed by atoms with Crippen LogP contribution in [0.2, 0.25) is 5.02 Å². The predicted octanol–water partition coefficient (Wildman–Crippen LogP) is 5.44. The van der Waals surface area contributed by atoms with Crippen LogP contribution in [0.25, 0.3) is 0 Å². The molecule has 0 aliphatic carbocycles. The molecule has 3 rings (SSSR count). The standard InChI is InChI=1S/C20H16ClNO2/c21-16-12-10-15(11-13-16)14-24-20(23)18-8-4-5-9-19(18)22-17-6-2-1-3-7-17/h1-13,22H,14H2. The van der Waals surface area contributed by atoms with E-state index < -0.39 is 0 Å². The van der Waals surface area contributed by atoms with E-state index in [-0.39, 0.29) is 12.6 Å². The van der Waals surface area contributed by atoms with Gasteiger partial charge in [0.25, 0.3) is 0 Å². The summed E-state index contributed by atoms with van der Waals surface area (Å²) < 4.78 is 5.41. The number of anilines is 2. The number of carbonyl (C=O) groups is 1. The van der Waals surface area contributed by atoms with E-state index in [1.165, 1.54) is 0 Å². The third kappa shape index (κ3) is 4.15. The van der Waals surface area contributed by atoms with Gasteiger partial charge >= 0.3 is 5.97 Å². The molecule has 0 radical (unpaired) electrons. The number of ether oxygens (including phenoxy) is 1. The molecular formula is C20H16ClNO2. The van der Waals surface area contributed by atoms with Crippen molar-refractivity contribution in [3.8, 4) is 0 Å². The third-order valence-corrected chi connectivity index (χ3v) is 3.73. The Kier molecular flexibility index (Phi) is 5.14. The number of para-hydroxylation sites is 2. The van der Waals surface area contributed by atoms with Gasteiger partial charge in [0.1, 0.15) is 6.61 Å². The molecule has 0 heterocycles. The molecule has 0 saturated heterocycles. The largest absolute Gasteiger partial charge is 0.457 e. The summed E-state index contributed by atoms with van der Waals surface area (Å²) in [5, 5.41) is 3.90. The minimum Gasteiger partial charge on any atom is -0.457 e. The monoisotopic (exact) mass is 337 g/mol. The lowest BCUT2D eigenvalue weighted by Gasteiger charge is -2.12. The SMILES string of the molecule is O=C(OCc1ccc(Cl)cc1)c1ccccc1Nc1ccccc1. The highest BCUT2D eigenvalue weighted by Gasteiger charge is 2.12. The van der Waals surface area contributed by atoms with Gasteiger partial charge in [-0.25, -0.2) is 4.79 Å². The summed E-state index contributed by atoms with van der Waals surface area (Å²) in [7, 11) is 0. The average Bonchev–Trinajstić information content (AvgIpc) is 2.62. The van der Waals surface area contributed by atoms with E-state index >= 15 is 0 Å². The number of esters is 1. The van der Waals surface area contributed by atoms with Crippen molar-refractivity contribution in [3.05, 3.63) is 95.0 Å². The van der Waals surface area contributed by atoms with Crippen molar-refractivity contribution >= 4 is 28.9 Å². The van der Waals surface area contributed by atoms with Crippen LogP contribution in [0.3, 0.4) is 0 Å². The molecule has 0 aliphatic heterocycles. The zero-order valence-corrected chi connectivity index (χ0v) is 13.7. The minimum atomic E-state index is -0.371. The van der Waals surface area contributed by atoms with Gasteiger partial charge in [-0.05, 0) is 42.0 Å². The first-order valence-electron chi connectivity index (χ1n) is 7.55. The van der Waals surface area contributed by atoms with Crippen LogP contribution >= 0.6 is 11.6 Å². The fraction of sp³-hybridized carbons (Fsp3) is 0.0500. The van der Waals surface area contributed by atoms with Crippen LogP contribution in [0.4, 0.5) is 11.4 Å². The number of carbonyl (C=O) groups excluding carboxylic acids is 1. The predicted molar refractivity (Wildman–Crippen MR) is 96.7 cm³/mol. The Morgan fingerprint density at radius 1 is 0.875 bits per heavy atom. The van der Waals surface area contributed by atoms with Gasteiger partial charge in [0.15, 0.2) is 0 Å². The van der Waals surface area contributed by atoms with Crippen LogP contribution in [0.5, 0.6) is 0 Å². The number of hydrogen-bond acceptors (Lipinski definition) is 3.